The SMILES string of the molecule is [2H]c1c([2H])c([2H])c(-c2c3ccccc3c(-c3ccc4c(c3)[se]c3c(-c5c6ccccc6c(-c6ccc(-n7c8ccccc8c8ccccc87)cc6)c6ccccc56)cccc34)c3ccccc23)c([2H])c1[2H]. The van der Waals surface area contributed by atoms with Gasteiger partial charge in [0.25, 0.3) is 0 Å². The summed E-state index contributed by atoms with van der Waals surface area (Å²) in [4.78, 5) is 0. The fourth-order valence-corrected chi connectivity index (χ4v) is 13.6. The molecule has 0 unspecified atom stereocenters. The summed E-state index contributed by atoms with van der Waals surface area (Å²) in [6.45, 7) is 0. The van der Waals surface area contributed by atoms with Crippen molar-refractivity contribution in [1.29, 1.82) is 0 Å². The number of rotatable bonds is 5. The Kier molecular flexibility index (Phi) is 7.30. The van der Waals surface area contributed by atoms with Crippen molar-refractivity contribution >= 4 is 98.7 Å². The molecule has 12 aromatic carbocycles. The van der Waals surface area contributed by atoms with Crippen molar-refractivity contribution in [3.8, 4) is 50.2 Å². The molecule has 0 N–H and O–H groups in total. The molecule has 0 radical (unpaired) electrons. The van der Waals surface area contributed by atoms with Crippen molar-refractivity contribution in [2.45, 2.75) is 0 Å². The van der Waals surface area contributed by atoms with E-state index in [1.54, 1.807) is 0 Å². The summed E-state index contributed by atoms with van der Waals surface area (Å²) >= 11 is -0.0281. The molecular weight excluding hydrogens is 862 g/mol. The van der Waals surface area contributed by atoms with Gasteiger partial charge in [-0.2, -0.15) is 0 Å². The van der Waals surface area contributed by atoms with E-state index in [9.17, 15) is 0 Å². The Morgan fingerprint density at radius 2 is 0.742 bits per heavy atom. The molecule has 0 spiro atoms. The number of hydrogen-bond acceptors (Lipinski definition) is 0. The van der Waals surface area contributed by atoms with E-state index in [1.807, 2.05) is 36.4 Å². The van der Waals surface area contributed by atoms with Gasteiger partial charge in [-0.05, 0) is 12.1 Å². The number of nitrogens with zero attached hydrogens (tertiary/aromatic N) is 1. The van der Waals surface area contributed by atoms with Crippen molar-refractivity contribution < 1.29 is 6.85 Å². The van der Waals surface area contributed by atoms with Gasteiger partial charge >= 0.3 is 337 Å². The fraction of sp³-hybridized carbons (Fsp3) is 0. The van der Waals surface area contributed by atoms with E-state index in [1.165, 1.54) is 84.9 Å². The molecular formula is C64H39NSe. The van der Waals surface area contributed by atoms with E-state index in [2.05, 4.69) is 174 Å². The first-order valence-electron chi connectivity index (χ1n) is 24.8. The van der Waals surface area contributed by atoms with Crippen molar-refractivity contribution in [2.24, 2.45) is 0 Å². The third-order valence-electron chi connectivity index (χ3n) is 13.7. The molecule has 0 aliphatic carbocycles. The molecule has 0 fully saturated rings. The maximum atomic E-state index is 9.01. The van der Waals surface area contributed by atoms with E-state index in [-0.39, 0.29) is 44.2 Å². The van der Waals surface area contributed by atoms with Crippen LogP contribution < -0.4 is 0 Å². The van der Waals surface area contributed by atoms with Crippen molar-refractivity contribution in [3.63, 3.8) is 0 Å². The number of para-hydroxylation sites is 2. The number of hydrogen-bond donors (Lipinski definition) is 0. The minimum atomic E-state index is -0.394. The molecule has 0 amide bonds. The zero-order valence-corrected chi connectivity index (χ0v) is 37.2. The van der Waals surface area contributed by atoms with Crippen LogP contribution >= 0.6 is 0 Å². The number of benzene rings is 12. The summed E-state index contributed by atoms with van der Waals surface area (Å²) in [5, 5.41) is 13.6. The van der Waals surface area contributed by atoms with Gasteiger partial charge in [0, 0.05) is 10.8 Å². The summed E-state index contributed by atoms with van der Waals surface area (Å²) in [5.41, 5.74) is 11.5. The van der Waals surface area contributed by atoms with Crippen molar-refractivity contribution in [3.05, 3.63) is 236 Å². The summed E-state index contributed by atoms with van der Waals surface area (Å²) in [6.07, 6.45) is 0. The third kappa shape index (κ3) is 5.53. The van der Waals surface area contributed by atoms with Crippen LogP contribution in [0.25, 0.3) is 134 Å². The maximum absolute atomic E-state index is 9.01. The molecule has 2 heterocycles. The van der Waals surface area contributed by atoms with E-state index < -0.39 is 6.04 Å². The van der Waals surface area contributed by atoms with E-state index in [4.69, 9.17) is 6.85 Å². The van der Waals surface area contributed by atoms with E-state index >= 15 is 0 Å². The molecule has 1 nitrogen and oxygen atoms in total. The first-order valence-corrected chi connectivity index (χ1v) is 24.1. The Balaban J connectivity index is 0.946. The molecule has 14 aromatic rings. The van der Waals surface area contributed by atoms with Crippen LogP contribution in [0.1, 0.15) is 6.85 Å². The summed E-state index contributed by atoms with van der Waals surface area (Å²) in [5.74, 6) is 0. The predicted octanol–water partition coefficient (Wildman–Crippen LogP) is 17.4. The number of fused-ring (bicyclic) bond motifs is 10. The van der Waals surface area contributed by atoms with E-state index in [0.717, 1.165) is 38.4 Å². The molecule has 2 aromatic heterocycles. The van der Waals surface area contributed by atoms with Gasteiger partial charge < -0.3 is 0 Å². The molecule has 0 saturated heterocycles. The first kappa shape index (κ1) is 32.6. The zero-order valence-electron chi connectivity index (χ0n) is 40.5. The van der Waals surface area contributed by atoms with Crippen LogP contribution in [-0.2, 0) is 0 Å². The Morgan fingerprint density at radius 3 is 1.27 bits per heavy atom. The van der Waals surface area contributed by atoms with Crippen LogP contribution in [0.5, 0.6) is 0 Å². The van der Waals surface area contributed by atoms with Crippen molar-refractivity contribution in [2.75, 3.05) is 0 Å². The van der Waals surface area contributed by atoms with Gasteiger partial charge in [0.2, 0.25) is 0 Å². The standard InChI is InChI=1S/C64H39NSe/c1-2-17-40(18-3-1)60-47-21-4-6-23-49(47)62(50-24-7-5-22-48(50)60)42-35-38-46-55-29-16-30-56(64(55)66-59(46)39-42)63-53-27-10-8-25-51(53)61(52-26-9-11-28-54(52)63)41-33-36-43(37-34-41)65-57-31-14-12-19-44(57)45-20-13-15-32-58(45)65/h1-39H/i1D,2D,3D,17D,18D. The van der Waals surface area contributed by atoms with Gasteiger partial charge in [0.05, 0.1) is 0 Å². The normalized spacial score (nSPS) is 13.0. The summed E-state index contributed by atoms with van der Waals surface area (Å²) in [6, 6.07) is 72.7. The second-order valence-corrected chi connectivity index (χ2v) is 19.3. The van der Waals surface area contributed by atoms with Gasteiger partial charge in [-0.25, -0.2) is 0 Å². The Hall–Kier alpha value is -8.00. The van der Waals surface area contributed by atoms with Gasteiger partial charge in [-0.15, -0.1) is 0 Å². The monoisotopic (exact) mass is 906 g/mol. The Labute approximate surface area is 394 Å². The fourth-order valence-electron chi connectivity index (χ4n) is 10.9. The molecule has 0 aliphatic rings. The van der Waals surface area contributed by atoms with Crippen LogP contribution in [0.3, 0.4) is 0 Å². The van der Waals surface area contributed by atoms with Crippen LogP contribution in [0.2, 0.25) is 0 Å². The van der Waals surface area contributed by atoms with Crippen molar-refractivity contribution in [1.82, 2.24) is 4.57 Å². The van der Waals surface area contributed by atoms with Gasteiger partial charge in [-0.3, -0.25) is 0 Å². The first-order chi connectivity index (χ1) is 34.9. The average molecular weight is 906 g/mol. The van der Waals surface area contributed by atoms with Crippen LogP contribution in [0.15, 0.2) is 236 Å². The molecule has 66 heavy (non-hydrogen) atoms. The predicted molar refractivity (Wildman–Crippen MR) is 285 cm³/mol. The van der Waals surface area contributed by atoms with Crippen LogP contribution in [0.4, 0.5) is 0 Å². The van der Waals surface area contributed by atoms with Crippen LogP contribution in [0, 0.1) is 0 Å². The topological polar surface area (TPSA) is 4.93 Å². The Bertz CT molecular complexity index is 4390. The quantitative estimate of drug-likeness (QED) is 0.120. The second kappa shape index (κ2) is 14.8. The summed E-state index contributed by atoms with van der Waals surface area (Å²) in [7, 11) is 0. The molecule has 0 atom stereocenters. The molecule has 0 bridgehead atoms. The molecule has 0 saturated carbocycles. The molecule has 306 valence electrons. The number of aromatic nitrogens is 1. The third-order valence-corrected chi connectivity index (χ3v) is 16.2. The average Bonchev–Trinajstić information content (AvgIpc) is 3.97. The minimum absolute atomic E-state index is 0.0281. The molecule has 0 aliphatic heterocycles. The van der Waals surface area contributed by atoms with Gasteiger partial charge in [0.15, 0.2) is 0 Å². The van der Waals surface area contributed by atoms with E-state index in [0.29, 0.717) is 5.56 Å². The summed E-state index contributed by atoms with van der Waals surface area (Å²) < 4.78 is 48.5. The van der Waals surface area contributed by atoms with Gasteiger partial charge in [0.1, 0.15) is 0 Å². The second-order valence-electron chi connectivity index (χ2n) is 17.1. The molecule has 2 heteroatoms. The molecule has 14 rings (SSSR count). The van der Waals surface area contributed by atoms with Gasteiger partial charge in [-0.1, -0.05) is 36.4 Å². The van der Waals surface area contributed by atoms with Crippen LogP contribution in [-0.4, -0.2) is 19.1 Å². The zero-order chi connectivity index (χ0) is 47.6. The Morgan fingerprint density at radius 1 is 0.318 bits per heavy atom.